The number of halogens is 1. The Morgan fingerprint density at radius 3 is 2.62 bits per heavy atom. The van der Waals surface area contributed by atoms with Gasteiger partial charge in [-0.2, -0.15) is 0 Å². The molecule has 0 aliphatic heterocycles. The molecule has 4 heteroatoms. The van der Waals surface area contributed by atoms with Crippen molar-refractivity contribution in [3.05, 3.63) is 34.8 Å². The summed E-state index contributed by atoms with van der Waals surface area (Å²) >= 11 is 3.58. The summed E-state index contributed by atoms with van der Waals surface area (Å²) < 4.78 is 12.2. The first-order valence-electron chi connectivity index (χ1n) is 7.22. The van der Waals surface area contributed by atoms with Crippen LogP contribution in [0.3, 0.4) is 0 Å². The summed E-state index contributed by atoms with van der Waals surface area (Å²) in [5, 5.41) is 3.47. The molecule has 0 unspecified atom stereocenters. The zero-order chi connectivity index (χ0) is 15.9. The molecule has 1 aromatic rings. The number of ether oxygens (including phenoxy) is 2. The molecule has 0 atom stereocenters. The molecule has 21 heavy (non-hydrogen) atoms. The van der Waals surface area contributed by atoms with Crippen molar-refractivity contribution in [3.63, 3.8) is 0 Å². The van der Waals surface area contributed by atoms with Crippen LogP contribution >= 0.6 is 15.9 Å². The van der Waals surface area contributed by atoms with Gasteiger partial charge in [0.2, 0.25) is 0 Å². The third kappa shape index (κ3) is 6.53. The highest BCUT2D eigenvalue weighted by molar-refractivity contribution is 9.10. The maximum atomic E-state index is 5.82. The van der Waals surface area contributed by atoms with Crippen molar-refractivity contribution in [2.45, 2.75) is 45.7 Å². The molecule has 0 aliphatic rings. The predicted molar refractivity (Wildman–Crippen MR) is 92.2 cm³/mol. The molecular weight excluding hydrogens is 330 g/mol. The molecule has 0 radical (unpaired) electrons. The second-order valence-electron chi connectivity index (χ2n) is 5.99. The van der Waals surface area contributed by atoms with Gasteiger partial charge in [0, 0.05) is 12.1 Å². The third-order valence-electron chi connectivity index (χ3n) is 2.91. The van der Waals surface area contributed by atoms with E-state index in [2.05, 4.69) is 54.7 Å². The van der Waals surface area contributed by atoms with Crippen molar-refractivity contribution in [1.29, 1.82) is 0 Å². The number of methoxy groups -OCH3 is 1. The number of hydrogen-bond acceptors (Lipinski definition) is 3. The second kappa shape index (κ2) is 8.44. The van der Waals surface area contributed by atoms with Gasteiger partial charge in [-0.3, -0.25) is 0 Å². The van der Waals surface area contributed by atoms with Gasteiger partial charge >= 0.3 is 0 Å². The van der Waals surface area contributed by atoms with Gasteiger partial charge in [0.1, 0.15) is 0 Å². The van der Waals surface area contributed by atoms with E-state index in [0.717, 1.165) is 40.9 Å². The molecule has 0 saturated heterocycles. The summed E-state index contributed by atoms with van der Waals surface area (Å²) in [5.41, 5.74) is 1.24. The van der Waals surface area contributed by atoms with Crippen molar-refractivity contribution in [2.24, 2.45) is 0 Å². The van der Waals surface area contributed by atoms with E-state index in [-0.39, 0.29) is 5.54 Å². The van der Waals surface area contributed by atoms with Crippen LogP contribution in [0.25, 0.3) is 0 Å². The second-order valence-corrected chi connectivity index (χ2v) is 6.85. The van der Waals surface area contributed by atoms with E-state index in [1.807, 2.05) is 12.1 Å². The zero-order valence-electron chi connectivity index (χ0n) is 13.5. The van der Waals surface area contributed by atoms with Crippen molar-refractivity contribution >= 4 is 15.9 Å². The van der Waals surface area contributed by atoms with Gasteiger partial charge in [-0.25, -0.2) is 0 Å². The van der Waals surface area contributed by atoms with Gasteiger partial charge < -0.3 is 14.8 Å². The van der Waals surface area contributed by atoms with E-state index < -0.39 is 0 Å². The standard InChI is InChI=1S/C17H26BrNO2/c1-6-7-8-9-21-16-14(18)10-13(11-15(16)20-5)12-19-17(2,3)4/h6,10-11,19H,1,7-9,12H2,2-5H3. The Morgan fingerprint density at radius 2 is 2.05 bits per heavy atom. The Kier molecular flexibility index (Phi) is 7.26. The van der Waals surface area contributed by atoms with Crippen LogP contribution in [0.2, 0.25) is 0 Å². The molecule has 0 amide bonds. The van der Waals surface area contributed by atoms with Crippen molar-refractivity contribution in [3.8, 4) is 11.5 Å². The molecular formula is C17H26BrNO2. The number of hydrogen-bond donors (Lipinski definition) is 1. The number of allylic oxidation sites excluding steroid dienone is 1. The van der Waals surface area contributed by atoms with E-state index in [4.69, 9.17) is 9.47 Å². The van der Waals surface area contributed by atoms with E-state index in [1.165, 1.54) is 0 Å². The first-order valence-corrected chi connectivity index (χ1v) is 8.02. The molecule has 0 aliphatic carbocycles. The maximum absolute atomic E-state index is 5.82. The molecule has 0 heterocycles. The van der Waals surface area contributed by atoms with E-state index in [1.54, 1.807) is 7.11 Å². The maximum Gasteiger partial charge on any atom is 0.175 e. The van der Waals surface area contributed by atoms with Crippen molar-refractivity contribution in [1.82, 2.24) is 5.32 Å². The molecule has 1 aromatic carbocycles. The Labute approximate surface area is 136 Å². The Balaban J connectivity index is 2.79. The van der Waals surface area contributed by atoms with Gasteiger partial charge in [0.15, 0.2) is 11.5 Å². The van der Waals surface area contributed by atoms with Crippen LogP contribution in [0.5, 0.6) is 11.5 Å². The quantitative estimate of drug-likeness (QED) is 0.541. The molecule has 1 rings (SSSR count). The summed E-state index contributed by atoms with van der Waals surface area (Å²) in [4.78, 5) is 0. The van der Waals surface area contributed by atoms with Crippen LogP contribution < -0.4 is 14.8 Å². The summed E-state index contributed by atoms with van der Waals surface area (Å²) in [6.45, 7) is 11.6. The average Bonchev–Trinajstić information content (AvgIpc) is 2.41. The highest BCUT2D eigenvalue weighted by Gasteiger charge is 2.14. The van der Waals surface area contributed by atoms with E-state index in [9.17, 15) is 0 Å². The number of rotatable bonds is 8. The fourth-order valence-corrected chi connectivity index (χ4v) is 2.39. The van der Waals surface area contributed by atoms with Crippen LogP contribution in [0.15, 0.2) is 29.3 Å². The first-order chi connectivity index (χ1) is 9.87. The lowest BCUT2D eigenvalue weighted by molar-refractivity contribution is 0.288. The minimum Gasteiger partial charge on any atom is -0.493 e. The van der Waals surface area contributed by atoms with Gasteiger partial charge in [0.05, 0.1) is 18.2 Å². The lowest BCUT2D eigenvalue weighted by atomic mass is 10.1. The SMILES string of the molecule is C=CCCCOc1c(Br)cc(CNC(C)(C)C)cc1OC. The molecule has 0 saturated carbocycles. The molecule has 0 aromatic heterocycles. The molecule has 0 spiro atoms. The van der Waals surface area contributed by atoms with Gasteiger partial charge in [-0.1, -0.05) is 6.08 Å². The minimum absolute atomic E-state index is 0.0829. The summed E-state index contributed by atoms with van der Waals surface area (Å²) in [6.07, 6.45) is 3.80. The number of unbranched alkanes of at least 4 members (excludes halogenated alkanes) is 1. The molecule has 0 bridgehead atoms. The smallest absolute Gasteiger partial charge is 0.175 e. The number of nitrogens with one attached hydrogen (secondary N) is 1. The summed E-state index contributed by atoms with van der Waals surface area (Å²) in [6, 6.07) is 4.09. The monoisotopic (exact) mass is 355 g/mol. The Hall–Kier alpha value is -1.00. The van der Waals surface area contributed by atoms with Gasteiger partial charge in [0.25, 0.3) is 0 Å². The van der Waals surface area contributed by atoms with Gasteiger partial charge in [-0.05, 0) is 67.2 Å². The molecule has 0 fully saturated rings. The van der Waals surface area contributed by atoms with Crippen LogP contribution in [-0.2, 0) is 6.54 Å². The zero-order valence-corrected chi connectivity index (χ0v) is 15.0. The fourth-order valence-electron chi connectivity index (χ4n) is 1.78. The topological polar surface area (TPSA) is 30.5 Å². The Morgan fingerprint density at radius 1 is 1.33 bits per heavy atom. The van der Waals surface area contributed by atoms with Crippen molar-refractivity contribution in [2.75, 3.05) is 13.7 Å². The summed E-state index contributed by atoms with van der Waals surface area (Å²) in [5.74, 6) is 1.52. The van der Waals surface area contributed by atoms with E-state index in [0.29, 0.717) is 6.61 Å². The molecule has 118 valence electrons. The normalized spacial score (nSPS) is 11.3. The highest BCUT2D eigenvalue weighted by Crippen LogP contribution is 2.36. The van der Waals surface area contributed by atoms with Crippen LogP contribution in [0, 0.1) is 0 Å². The Bertz CT molecular complexity index is 467. The van der Waals surface area contributed by atoms with Gasteiger partial charge in [-0.15, -0.1) is 6.58 Å². The summed E-state index contributed by atoms with van der Waals surface area (Å²) in [7, 11) is 1.67. The lowest BCUT2D eigenvalue weighted by Crippen LogP contribution is -2.35. The molecule has 1 N–H and O–H groups in total. The van der Waals surface area contributed by atoms with Crippen LogP contribution in [0.4, 0.5) is 0 Å². The molecule has 3 nitrogen and oxygen atoms in total. The van der Waals surface area contributed by atoms with Crippen LogP contribution in [-0.4, -0.2) is 19.3 Å². The lowest BCUT2D eigenvalue weighted by Gasteiger charge is -2.21. The fraction of sp³-hybridized carbons (Fsp3) is 0.529. The third-order valence-corrected chi connectivity index (χ3v) is 3.50. The first kappa shape index (κ1) is 18.1. The largest absolute Gasteiger partial charge is 0.493 e. The average molecular weight is 356 g/mol. The number of benzene rings is 1. The van der Waals surface area contributed by atoms with Crippen molar-refractivity contribution < 1.29 is 9.47 Å². The predicted octanol–water partition coefficient (Wildman–Crippen LogP) is 4.69. The van der Waals surface area contributed by atoms with E-state index >= 15 is 0 Å². The van der Waals surface area contributed by atoms with Crippen LogP contribution in [0.1, 0.15) is 39.2 Å². The highest BCUT2D eigenvalue weighted by atomic mass is 79.9. The minimum atomic E-state index is 0.0829.